The summed E-state index contributed by atoms with van der Waals surface area (Å²) in [6.07, 6.45) is 1.52. The number of aliphatic carboxylic acids is 2. The first kappa shape index (κ1) is 28.3. The lowest BCUT2D eigenvalue weighted by Crippen LogP contribution is -2.59. The van der Waals surface area contributed by atoms with E-state index in [0.717, 1.165) is 0 Å². The highest BCUT2D eigenvalue weighted by molar-refractivity contribution is 5.94. The quantitative estimate of drug-likeness (QED) is 0.255. The van der Waals surface area contributed by atoms with E-state index >= 15 is 0 Å². The normalized spacial score (nSPS) is 20.3. The van der Waals surface area contributed by atoms with Crippen molar-refractivity contribution in [1.29, 1.82) is 0 Å². The van der Waals surface area contributed by atoms with Gasteiger partial charge in [0.2, 0.25) is 17.7 Å². The zero-order chi connectivity index (χ0) is 25.3. The summed E-state index contributed by atoms with van der Waals surface area (Å²) >= 11 is 0. The number of amides is 3. The van der Waals surface area contributed by atoms with Gasteiger partial charge in [-0.25, -0.2) is 4.79 Å². The third kappa shape index (κ3) is 7.99. The predicted molar refractivity (Wildman–Crippen MR) is 120 cm³/mol. The summed E-state index contributed by atoms with van der Waals surface area (Å²) in [5, 5.41) is 23.6. The van der Waals surface area contributed by atoms with Gasteiger partial charge in [-0.1, -0.05) is 40.5 Å². The second kappa shape index (κ2) is 13.1. The first-order chi connectivity index (χ1) is 15.4. The van der Waals surface area contributed by atoms with Gasteiger partial charge in [0, 0.05) is 13.0 Å². The van der Waals surface area contributed by atoms with Gasteiger partial charge in [-0.2, -0.15) is 0 Å². The zero-order valence-corrected chi connectivity index (χ0v) is 19.9. The Labute approximate surface area is 194 Å². The second-order valence-corrected chi connectivity index (χ2v) is 8.80. The Morgan fingerprint density at radius 3 is 2.12 bits per heavy atom. The van der Waals surface area contributed by atoms with Gasteiger partial charge in [-0.3, -0.25) is 19.2 Å². The van der Waals surface area contributed by atoms with E-state index in [4.69, 9.17) is 10.8 Å². The Hall–Kier alpha value is -2.69. The summed E-state index contributed by atoms with van der Waals surface area (Å²) in [6.45, 7) is 7.55. The molecule has 3 amide bonds. The van der Waals surface area contributed by atoms with Crippen molar-refractivity contribution in [1.82, 2.24) is 15.5 Å². The minimum Gasteiger partial charge on any atom is -0.481 e. The number of rotatable bonds is 13. The molecule has 0 bridgehead atoms. The molecule has 0 aromatic carbocycles. The van der Waals surface area contributed by atoms with Crippen LogP contribution in [0.4, 0.5) is 0 Å². The molecule has 6 atom stereocenters. The monoisotopic (exact) mass is 470 g/mol. The third-order valence-corrected chi connectivity index (χ3v) is 6.44. The molecule has 0 spiro atoms. The first-order valence-electron chi connectivity index (χ1n) is 11.6. The Morgan fingerprint density at radius 1 is 1.00 bits per heavy atom. The van der Waals surface area contributed by atoms with E-state index in [1.54, 1.807) is 13.8 Å². The van der Waals surface area contributed by atoms with Gasteiger partial charge in [-0.15, -0.1) is 0 Å². The minimum atomic E-state index is -1.20. The Kier molecular flexibility index (Phi) is 11.3. The molecular weight excluding hydrogens is 432 g/mol. The highest BCUT2D eigenvalue weighted by Gasteiger charge is 2.40. The molecule has 188 valence electrons. The molecule has 33 heavy (non-hydrogen) atoms. The standard InChI is InChI=1S/C22H38N4O7/c1-5-12(3)17(23)20(30)24-14(9-10-16(27)28)19(29)25-18(13(4)6-2)21(31)26-11-7-8-15(26)22(32)33/h12-15,17-18H,5-11,23H2,1-4H3,(H,24,30)(H,25,29)(H,27,28)(H,32,33). The van der Waals surface area contributed by atoms with Crippen molar-refractivity contribution in [2.75, 3.05) is 6.54 Å². The summed E-state index contributed by atoms with van der Waals surface area (Å²) in [5.41, 5.74) is 5.94. The van der Waals surface area contributed by atoms with Crippen LogP contribution in [0.2, 0.25) is 0 Å². The van der Waals surface area contributed by atoms with E-state index in [1.807, 2.05) is 13.8 Å². The maximum atomic E-state index is 13.2. The molecule has 0 aliphatic carbocycles. The molecule has 11 nitrogen and oxygen atoms in total. The number of nitrogens with one attached hydrogen (secondary N) is 2. The lowest BCUT2D eigenvalue weighted by molar-refractivity contribution is -0.150. The van der Waals surface area contributed by atoms with E-state index in [9.17, 15) is 29.1 Å². The molecule has 1 rings (SSSR count). The topological polar surface area (TPSA) is 179 Å². The number of nitrogens with zero attached hydrogens (tertiary/aromatic N) is 1. The average molecular weight is 471 g/mol. The zero-order valence-electron chi connectivity index (χ0n) is 19.9. The lowest BCUT2D eigenvalue weighted by atomic mass is 9.96. The molecule has 1 heterocycles. The van der Waals surface area contributed by atoms with Gasteiger partial charge in [0.05, 0.1) is 6.04 Å². The molecule has 0 saturated carbocycles. The Balaban J connectivity index is 3.06. The maximum Gasteiger partial charge on any atom is 0.326 e. The third-order valence-electron chi connectivity index (χ3n) is 6.44. The van der Waals surface area contributed by atoms with Crippen LogP contribution >= 0.6 is 0 Å². The van der Waals surface area contributed by atoms with Crippen molar-refractivity contribution in [3.63, 3.8) is 0 Å². The van der Waals surface area contributed by atoms with E-state index in [0.29, 0.717) is 25.7 Å². The number of nitrogens with two attached hydrogens (primary N) is 1. The molecule has 1 aliphatic heterocycles. The summed E-state index contributed by atoms with van der Waals surface area (Å²) in [6, 6.07) is -4.02. The van der Waals surface area contributed by atoms with Crippen molar-refractivity contribution in [2.45, 2.75) is 90.4 Å². The van der Waals surface area contributed by atoms with Crippen LogP contribution in [0.25, 0.3) is 0 Å². The fourth-order valence-electron chi connectivity index (χ4n) is 3.72. The van der Waals surface area contributed by atoms with Crippen molar-refractivity contribution in [3.05, 3.63) is 0 Å². The molecule has 0 aromatic rings. The van der Waals surface area contributed by atoms with Crippen LogP contribution in [-0.2, 0) is 24.0 Å². The molecule has 0 aromatic heterocycles. The predicted octanol–water partition coefficient (Wildman–Crippen LogP) is 0.316. The van der Waals surface area contributed by atoms with Crippen molar-refractivity contribution in [3.8, 4) is 0 Å². The number of hydrogen-bond acceptors (Lipinski definition) is 6. The highest BCUT2D eigenvalue weighted by Crippen LogP contribution is 2.21. The molecule has 0 radical (unpaired) electrons. The van der Waals surface area contributed by atoms with Gasteiger partial charge in [-0.05, 0) is 31.1 Å². The van der Waals surface area contributed by atoms with Crippen molar-refractivity contribution in [2.24, 2.45) is 17.6 Å². The number of hydrogen-bond donors (Lipinski definition) is 5. The maximum absolute atomic E-state index is 13.2. The molecule has 1 fully saturated rings. The van der Waals surface area contributed by atoms with Crippen LogP contribution in [0.3, 0.4) is 0 Å². The number of carbonyl (C=O) groups is 5. The SMILES string of the molecule is CCC(C)C(N)C(=O)NC(CCC(=O)O)C(=O)NC(C(=O)N1CCCC1C(=O)O)C(C)CC. The molecule has 1 aliphatic rings. The van der Waals surface area contributed by atoms with Gasteiger partial charge in [0.15, 0.2) is 0 Å². The molecular formula is C22H38N4O7. The Bertz CT molecular complexity index is 730. The van der Waals surface area contributed by atoms with Crippen molar-refractivity contribution < 1.29 is 34.2 Å². The number of carbonyl (C=O) groups excluding carboxylic acids is 3. The van der Waals surface area contributed by atoms with Crippen LogP contribution in [-0.4, -0.2) is 75.5 Å². The van der Waals surface area contributed by atoms with Gasteiger partial charge < -0.3 is 31.5 Å². The molecule has 11 heteroatoms. The summed E-state index contributed by atoms with van der Waals surface area (Å²) < 4.78 is 0. The largest absolute Gasteiger partial charge is 0.481 e. The number of carboxylic acid groups (broad SMARTS) is 2. The van der Waals surface area contributed by atoms with Crippen LogP contribution in [0.15, 0.2) is 0 Å². The molecule has 6 unspecified atom stereocenters. The van der Waals surface area contributed by atoms with Crippen molar-refractivity contribution >= 4 is 29.7 Å². The molecule has 6 N–H and O–H groups in total. The average Bonchev–Trinajstić information content (AvgIpc) is 3.28. The lowest BCUT2D eigenvalue weighted by Gasteiger charge is -2.31. The van der Waals surface area contributed by atoms with E-state index in [2.05, 4.69) is 10.6 Å². The minimum absolute atomic E-state index is 0.147. The first-order valence-corrected chi connectivity index (χ1v) is 11.6. The summed E-state index contributed by atoms with van der Waals surface area (Å²) in [4.78, 5) is 62.7. The van der Waals surface area contributed by atoms with E-state index in [-0.39, 0.29) is 31.2 Å². The summed E-state index contributed by atoms with van der Waals surface area (Å²) in [5.74, 6) is -4.47. The van der Waals surface area contributed by atoms with Crippen LogP contribution in [0, 0.1) is 11.8 Å². The van der Waals surface area contributed by atoms with Gasteiger partial charge >= 0.3 is 11.9 Å². The van der Waals surface area contributed by atoms with E-state index in [1.165, 1.54) is 4.90 Å². The van der Waals surface area contributed by atoms with Crippen LogP contribution in [0.5, 0.6) is 0 Å². The summed E-state index contributed by atoms with van der Waals surface area (Å²) in [7, 11) is 0. The fourth-order valence-corrected chi connectivity index (χ4v) is 3.72. The molecule has 1 saturated heterocycles. The second-order valence-electron chi connectivity index (χ2n) is 8.80. The Morgan fingerprint density at radius 2 is 1.61 bits per heavy atom. The number of likely N-dealkylation sites (tertiary alicyclic amines) is 1. The van der Waals surface area contributed by atoms with Crippen LogP contribution in [0.1, 0.15) is 66.2 Å². The number of carboxylic acids is 2. The van der Waals surface area contributed by atoms with Gasteiger partial charge in [0.1, 0.15) is 18.1 Å². The van der Waals surface area contributed by atoms with Gasteiger partial charge in [0.25, 0.3) is 0 Å². The smallest absolute Gasteiger partial charge is 0.326 e. The van der Waals surface area contributed by atoms with Crippen LogP contribution < -0.4 is 16.4 Å². The fraction of sp³-hybridized carbons (Fsp3) is 0.773. The highest BCUT2D eigenvalue weighted by atomic mass is 16.4. The van der Waals surface area contributed by atoms with E-state index < -0.39 is 53.8 Å².